The lowest BCUT2D eigenvalue weighted by Crippen LogP contribution is -2.53. The van der Waals surface area contributed by atoms with Crippen molar-refractivity contribution in [3.63, 3.8) is 0 Å². The summed E-state index contributed by atoms with van der Waals surface area (Å²) in [5.74, 6) is -0.777. The first kappa shape index (κ1) is 34.7. The number of carbonyl (C=O) groups excluding carboxylic acids is 2. The van der Waals surface area contributed by atoms with E-state index in [2.05, 4.69) is 5.32 Å². The summed E-state index contributed by atoms with van der Waals surface area (Å²) in [4.78, 5) is 30.0. The monoisotopic (exact) mass is 659 g/mol. The zero-order chi connectivity index (χ0) is 33.3. The van der Waals surface area contributed by atoms with E-state index in [1.165, 1.54) is 29.2 Å². The van der Waals surface area contributed by atoms with Crippen molar-refractivity contribution in [2.24, 2.45) is 0 Å². The number of nitrogens with one attached hydrogen (secondary N) is 1. The van der Waals surface area contributed by atoms with Crippen molar-refractivity contribution in [1.82, 2.24) is 10.2 Å². The van der Waals surface area contributed by atoms with Gasteiger partial charge in [-0.05, 0) is 85.8 Å². The Labute approximate surface area is 278 Å². The molecule has 0 fully saturated rings. The number of unbranched alkanes of at least 4 members (excludes halogenated alkanes) is 1. The van der Waals surface area contributed by atoms with E-state index in [0.717, 1.165) is 45.0 Å². The average Bonchev–Trinajstić information content (AvgIpc) is 3.03. The van der Waals surface area contributed by atoms with Crippen LogP contribution in [0.25, 0.3) is 0 Å². The van der Waals surface area contributed by atoms with Gasteiger partial charge in [0.2, 0.25) is 11.8 Å². The van der Waals surface area contributed by atoms with Crippen molar-refractivity contribution in [2.45, 2.75) is 64.4 Å². The molecule has 2 amide bonds. The van der Waals surface area contributed by atoms with Crippen LogP contribution >= 0.6 is 11.6 Å². The number of benzene rings is 4. The minimum Gasteiger partial charge on any atom is -0.354 e. The zero-order valence-electron chi connectivity index (χ0n) is 26.9. The number of hydrogen-bond acceptors (Lipinski definition) is 4. The first-order chi connectivity index (χ1) is 22.0. The first-order valence-corrected chi connectivity index (χ1v) is 17.3. The Morgan fingerprint density at radius 1 is 0.826 bits per heavy atom. The highest BCUT2D eigenvalue weighted by molar-refractivity contribution is 7.92. The molecule has 1 atom stereocenters. The summed E-state index contributed by atoms with van der Waals surface area (Å²) in [6.07, 6.45) is 1.97. The Bertz CT molecular complexity index is 1740. The molecule has 0 bridgehead atoms. The summed E-state index contributed by atoms with van der Waals surface area (Å²) < 4.78 is 29.5. The van der Waals surface area contributed by atoms with Crippen LogP contribution in [0.15, 0.2) is 102 Å². The fourth-order valence-electron chi connectivity index (χ4n) is 5.21. The van der Waals surface area contributed by atoms with Crippen LogP contribution in [0.1, 0.15) is 47.6 Å². The highest BCUT2D eigenvalue weighted by atomic mass is 35.5. The Morgan fingerprint density at radius 3 is 2.17 bits per heavy atom. The van der Waals surface area contributed by atoms with Crippen molar-refractivity contribution >= 4 is 39.1 Å². The van der Waals surface area contributed by atoms with E-state index in [1.807, 2.05) is 88.4 Å². The topological polar surface area (TPSA) is 86.8 Å². The van der Waals surface area contributed by atoms with E-state index in [4.69, 9.17) is 11.6 Å². The standard InChI is InChI=1S/C37H42ClN3O4S/c1-5-6-21-39-37(43)35(24-30-12-8-7-9-13-30)40(25-31-14-10-11-27(2)22-31)36(42)26-41(33-18-15-28(3)29(4)23-33)46(44,45)34-19-16-32(38)17-20-34/h7-20,22-23,35H,5-6,21,24-26H2,1-4H3,(H,39,43)/t35-/m1/s1. The van der Waals surface area contributed by atoms with Crippen LogP contribution in [0.2, 0.25) is 5.02 Å². The Morgan fingerprint density at radius 2 is 1.52 bits per heavy atom. The molecule has 242 valence electrons. The van der Waals surface area contributed by atoms with Gasteiger partial charge in [-0.3, -0.25) is 13.9 Å². The van der Waals surface area contributed by atoms with Gasteiger partial charge in [0.1, 0.15) is 12.6 Å². The van der Waals surface area contributed by atoms with Gasteiger partial charge in [0, 0.05) is 24.5 Å². The van der Waals surface area contributed by atoms with E-state index in [1.54, 1.807) is 12.1 Å². The fraction of sp³-hybridized carbons (Fsp3) is 0.297. The highest BCUT2D eigenvalue weighted by Crippen LogP contribution is 2.27. The van der Waals surface area contributed by atoms with E-state index >= 15 is 0 Å². The van der Waals surface area contributed by atoms with Gasteiger partial charge in [0.25, 0.3) is 10.0 Å². The lowest BCUT2D eigenvalue weighted by Gasteiger charge is -2.34. The largest absolute Gasteiger partial charge is 0.354 e. The predicted molar refractivity (Wildman–Crippen MR) is 185 cm³/mol. The molecular weight excluding hydrogens is 618 g/mol. The highest BCUT2D eigenvalue weighted by Gasteiger charge is 2.34. The maximum atomic E-state index is 14.6. The molecule has 46 heavy (non-hydrogen) atoms. The molecule has 1 N–H and O–H groups in total. The van der Waals surface area contributed by atoms with Crippen LogP contribution < -0.4 is 9.62 Å². The van der Waals surface area contributed by atoms with E-state index < -0.39 is 28.5 Å². The molecule has 0 spiro atoms. The number of anilines is 1. The second kappa shape index (κ2) is 15.9. The third kappa shape index (κ3) is 8.98. The second-order valence-electron chi connectivity index (χ2n) is 11.6. The Balaban J connectivity index is 1.81. The number of carbonyl (C=O) groups is 2. The Hall–Kier alpha value is -4.14. The van der Waals surface area contributed by atoms with Gasteiger partial charge < -0.3 is 10.2 Å². The molecule has 0 aromatic heterocycles. The average molecular weight is 660 g/mol. The van der Waals surface area contributed by atoms with Gasteiger partial charge in [-0.15, -0.1) is 0 Å². The van der Waals surface area contributed by atoms with E-state index in [9.17, 15) is 18.0 Å². The van der Waals surface area contributed by atoms with E-state index in [0.29, 0.717) is 17.3 Å². The molecule has 0 heterocycles. The van der Waals surface area contributed by atoms with Crippen molar-refractivity contribution in [3.05, 3.63) is 130 Å². The third-order valence-corrected chi connectivity index (χ3v) is 10.0. The molecule has 4 aromatic rings. The number of sulfonamides is 1. The van der Waals surface area contributed by atoms with Gasteiger partial charge >= 0.3 is 0 Å². The molecule has 0 radical (unpaired) electrons. The summed E-state index contributed by atoms with van der Waals surface area (Å²) in [5, 5.41) is 3.42. The molecule has 4 rings (SSSR count). The molecule has 7 nitrogen and oxygen atoms in total. The molecule has 0 saturated heterocycles. The van der Waals surface area contributed by atoms with Crippen LogP contribution in [0.3, 0.4) is 0 Å². The summed E-state index contributed by atoms with van der Waals surface area (Å²) in [6, 6.07) is 27.6. The van der Waals surface area contributed by atoms with Crippen LogP contribution in [-0.4, -0.2) is 44.3 Å². The van der Waals surface area contributed by atoms with Crippen LogP contribution in [0, 0.1) is 20.8 Å². The minimum atomic E-state index is -4.20. The maximum Gasteiger partial charge on any atom is 0.264 e. The molecule has 0 saturated carbocycles. The summed E-state index contributed by atoms with van der Waals surface area (Å²) >= 11 is 6.08. The van der Waals surface area contributed by atoms with Crippen LogP contribution in [-0.2, 0) is 32.6 Å². The SMILES string of the molecule is CCCCNC(=O)[C@@H](Cc1ccccc1)N(Cc1cccc(C)c1)C(=O)CN(c1ccc(C)c(C)c1)S(=O)(=O)c1ccc(Cl)cc1. The van der Waals surface area contributed by atoms with Crippen LogP contribution in [0.5, 0.6) is 0 Å². The normalized spacial score (nSPS) is 11.9. The van der Waals surface area contributed by atoms with Gasteiger partial charge in [0.05, 0.1) is 10.6 Å². The molecule has 0 aliphatic rings. The fourth-order valence-corrected chi connectivity index (χ4v) is 6.74. The van der Waals surface area contributed by atoms with Gasteiger partial charge in [-0.2, -0.15) is 0 Å². The molecule has 0 unspecified atom stereocenters. The zero-order valence-corrected chi connectivity index (χ0v) is 28.4. The number of hydrogen-bond donors (Lipinski definition) is 1. The smallest absolute Gasteiger partial charge is 0.264 e. The number of amides is 2. The van der Waals surface area contributed by atoms with Crippen molar-refractivity contribution < 1.29 is 18.0 Å². The predicted octanol–water partition coefficient (Wildman–Crippen LogP) is 7.02. The quantitative estimate of drug-likeness (QED) is 0.148. The molecule has 4 aromatic carbocycles. The number of rotatable bonds is 14. The molecule has 9 heteroatoms. The number of halogens is 1. The molecule has 0 aliphatic heterocycles. The minimum absolute atomic E-state index is 0.00584. The Kier molecular flexibility index (Phi) is 12.0. The molecule has 0 aliphatic carbocycles. The van der Waals surface area contributed by atoms with Gasteiger partial charge in [-0.1, -0.05) is 91.2 Å². The van der Waals surface area contributed by atoms with Crippen molar-refractivity contribution in [2.75, 3.05) is 17.4 Å². The van der Waals surface area contributed by atoms with Crippen molar-refractivity contribution in [3.8, 4) is 0 Å². The maximum absolute atomic E-state index is 14.6. The first-order valence-electron chi connectivity index (χ1n) is 15.5. The lowest BCUT2D eigenvalue weighted by atomic mass is 10.0. The number of aryl methyl sites for hydroxylation is 3. The van der Waals surface area contributed by atoms with Crippen molar-refractivity contribution in [1.29, 1.82) is 0 Å². The second-order valence-corrected chi connectivity index (χ2v) is 13.9. The van der Waals surface area contributed by atoms with Crippen LogP contribution in [0.4, 0.5) is 5.69 Å². The molecular formula is C37H42ClN3O4S. The number of nitrogens with zero attached hydrogens (tertiary/aromatic N) is 2. The summed E-state index contributed by atoms with van der Waals surface area (Å²) in [6.45, 7) is 7.95. The van der Waals surface area contributed by atoms with Gasteiger partial charge in [-0.25, -0.2) is 8.42 Å². The van der Waals surface area contributed by atoms with Gasteiger partial charge in [0.15, 0.2) is 0 Å². The van der Waals surface area contributed by atoms with E-state index in [-0.39, 0.29) is 23.8 Å². The lowest BCUT2D eigenvalue weighted by molar-refractivity contribution is -0.140. The summed E-state index contributed by atoms with van der Waals surface area (Å²) in [7, 11) is -4.20. The third-order valence-electron chi connectivity index (χ3n) is 8.00. The summed E-state index contributed by atoms with van der Waals surface area (Å²) in [5.41, 5.74) is 4.97.